The van der Waals surface area contributed by atoms with Crippen molar-refractivity contribution in [2.45, 2.75) is 11.3 Å². The third kappa shape index (κ3) is 2.24. The van der Waals surface area contributed by atoms with Crippen LogP contribution in [0.1, 0.15) is 6.92 Å². The van der Waals surface area contributed by atoms with E-state index < -0.39 is 10.7 Å². The molecule has 1 rings (SSSR count). The summed E-state index contributed by atoms with van der Waals surface area (Å²) < 4.78 is 20.6. The van der Waals surface area contributed by atoms with Crippen LogP contribution >= 0.6 is 11.3 Å². The molecule has 1 heterocycles. The minimum absolute atomic E-state index is 0.103. The molecule has 1 N–H and O–H groups in total. The van der Waals surface area contributed by atoms with Gasteiger partial charge in [-0.05, 0) is 0 Å². The van der Waals surface area contributed by atoms with E-state index in [1.807, 2.05) is 0 Å². The molecular weight excluding hydrogens is 202 g/mol. The second kappa shape index (κ2) is 3.59. The van der Waals surface area contributed by atoms with Crippen LogP contribution in [0.2, 0.25) is 0 Å². The SMILES string of the molecule is CC(=O)Nc1nnc([SH](=O)=O)s1. The van der Waals surface area contributed by atoms with Crippen LogP contribution in [-0.2, 0) is 15.5 Å². The van der Waals surface area contributed by atoms with Gasteiger partial charge in [-0.15, -0.1) is 10.2 Å². The lowest BCUT2D eigenvalue weighted by atomic mass is 10.7. The predicted octanol–water partition coefficient (Wildman–Crippen LogP) is -0.533. The first-order valence-corrected chi connectivity index (χ1v) is 4.84. The van der Waals surface area contributed by atoms with Gasteiger partial charge in [0.15, 0.2) is 10.7 Å². The number of nitrogens with zero attached hydrogens (tertiary/aromatic N) is 2. The maximum atomic E-state index is 10.5. The second-order valence-electron chi connectivity index (χ2n) is 1.83. The van der Waals surface area contributed by atoms with E-state index in [9.17, 15) is 13.2 Å². The Morgan fingerprint density at radius 1 is 1.50 bits per heavy atom. The zero-order valence-corrected chi connectivity index (χ0v) is 7.69. The number of hydrogen-bond acceptors (Lipinski definition) is 6. The lowest BCUT2D eigenvalue weighted by molar-refractivity contribution is -0.114. The summed E-state index contributed by atoms with van der Waals surface area (Å²) in [6, 6.07) is 0. The molecule has 0 saturated carbocycles. The maximum Gasteiger partial charge on any atom is 0.231 e. The van der Waals surface area contributed by atoms with Crippen LogP contribution in [0.4, 0.5) is 5.13 Å². The monoisotopic (exact) mass is 207 g/mol. The highest BCUT2D eigenvalue weighted by molar-refractivity contribution is 7.75. The van der Waals surface area contributed by atoms with Gasteiger partial charge in [0.2, 0.25) is 15.4 Å². The molecule has 12 heavy (non-hydrogen) atoms. The Hall–Kier alpha value is -1.02. The molecule has 0 spiro atoms. The molecule has 66 valence electrons. The zero-order chi connectivity index (χ0) is 9.14. The first kappa shape index (κ1) is 9.07. The van der Waals surface area contributed by atoms with E-state index in [2.05, 4.69) is 15.5 Å². The lowest BCUT2D eigenvalue weighted by Crippen LogP contribution is -2.04. The van der Waals surface area contributed by atoms with E-state index in [0.29, 0.717) is 0 Å². The van der Waals surface area contributed by atoms with Crippen LogP contribution in [0, 0.1) is 0 Å². The fourth-order valence-corrected chi connectivity index (χ4v) is 1.70. The Labute approximate surface area is 73.6 Å². The highest BCUT2D eigenvalue weighted by atomic mass is 32.2. The molecule has 0 aliphatic carbocycles. The fourth-order valence-electron chi connectivity index (χ4n) is 0.490. The van der Waals surface area contributed by atoms with Crippen molar-refractivity contribution in [1.29, 1.82) is 0 Å². The molecule has 0 saturated heterocycles. The Kier molecular flexibility index (Phi) is 2.71. The highest BCUT2D eigenvalue weighted by Gasteiger charge is 2.05. The van der Waals surface area contributed by atoms with E-state index in [1.165, 1.54) is 6.92 Å². The molecule has 0 fully saturated rings. The van der Waals surface area contributed by atoms with Crippen molar-refractivity contribution in [2.24, 2.45) is 0 Å². The first-order valence-electron chi connectivity index (χ1n) is 2.85. The Balaban J connectivity index is 2.84. The van der Waals surface area contributed by atoms with E-state index in [-0.39, 0.29) is 15.4 Å². The third-order valence-electron chi connectivity index (χ3n) is 0.853. The van der Waals surface area contributed by atoms with Crippen LogP contribution < -0.4 is 5.32 Å². The van der Waals surface area contributed by atoms with Crippen LogP contribution in [0.5, 0.6) is 0 Å². The van der Waals surface area contributed by atoms with Crippen molar-refractivity contribution in [3.05, 3.63) is 0 Å². The van der Waals surface area contributed by atoms with Crippen molar-refractivity contribution in [3.63, 3.8) is 0 Å². The summed E-state index contributed by atoms with van der Waals surface area (Å²) >= 11 is 0.819. The van der Waals surface area contributed by atoms with Gasteiger partial charge in [0.05, 0.1) is 0 Å². The van der Waals surface area contributed by atoms with Gasteiger partial charge in [0.1, 0.15) is 0 Å². The largest absolute Gasteiger partial charge is 0.301 e. The summed E-state index contributed by atoms with van der Waals surface area (Å²) in [5.41, 5.74) is 0. The van der Waals surface area contributed by atoms with Crippen molar-refractivity contribution in [1.82, 2.24) is 10.2 Å². The van der Waals surface area contributed by atoms with E-state index >= 15 is 0 Å². The van der Waals surface area contributed by atoms with Gasteiger partial charge in [0, 0.05) is 6.92 Å². The van der Waals surface area contributed by atoms with Gasteiger partial charge in [-0.1, -0.05) is 11.3 Å². The number of nitrogens with one attached hydrogen (secondary N) is 1. The molecule has 0 atom stereocenters. The van der Waals surface area contributed by atoms with E-state index in [1.54, 1.807) is 0 Å². The number of carbonyl (C=O) groups excluding carboxylic acids is 1. The van der Waals surface area contributed by atoms with Crippen LogP contribution in [0.15, 0.2) is 4.34 Å². The standard InChI is InChI=1S/C4H5N3O3S2/c1-2(8)5-3-6-7-4(11-3)12(9)10/h12H,1H3,(H,5,6,8). The van der Waals surface area contributed by atoms with Crippen LogP contribution in [0.25, 0.3) is 0 Å². The number of amides is 1. The van der Waals surface area contributed by atoms with Gasteiger partial charge < -0.3 is 5.32 Å². The first-order chi connectivity index (χ1) is 5.59. The quantitative estimate of drug-likeness (QED) is 0.502. The Morgan fingerprint density at radius 2 is 2.17 bits per heavy atom. The number of hydrogen-bond donors (Lipinski definition) is 2. The highest BCUT2D eigenvalue weighted by Crippen LogP contribution is 2.15. The summed E-state index contributed by atoms with van der Waals surface area (Å²) in [6.45, 7) is 1.30. The maximum absolute atomic E-state index is 10.5. The van der Waals surface area contributed by atoms with Gasteiger partial charge in [-0.3, -0.25) is 4.79 Å². The number of aromatic nitrogens is 2. The average molecular weight is 207 g/mol. The minimum Gasteiger partial charge on any atom is -0.301 e. The number of rotatable bonds is 2. The molecule has 1 aromatic rings. The molecule has 8 heteroatoms. The van der Waals surface area contributed by atoms with Crippen molar-refractivity contribution in [3.8, 4) is 0 Å². The fraction of sp³-hybridized carbons (Fsp3) is 0.250. The summed E-state index contributed by atoms with van der Waals surface area (Å²) in [5, 5.41) is 9.27. The molecule has 0 radical (unpaired) electrons. The molecule has 0 aliphatic heterocycles. The summed E-state index contributed by atoms with van der Waals surface area (Å²) in [4.78, 5) is 10.5. The average Bonchev–Trinajstić information content (AvgIpc) is 2.34. The Morgan fingerprint density at radius 3 is 2.58 bits per heavy atom. The molecule has 0 unspecified atom stereocenters. The van der Waals surface area contributed by atoms with Crippen molar-refractivity contribution in [2.75, 3.05) is 5.32 Å². The van der Waals surface area contributed by atoms with Crippen molar-refractivity contribution < 1.29 is 13.2 Å². The van der Waals surface area contributed by atoms with Gasteiger partial charge in [-0.2, -0.15) is 0 Å². The molecule has 0 aliphatic rings. The predicted molar refractivity (Wildman–Crippen MR) is 42.8 cm³/mol. The van der Waals surface area contributed by atoms with E-state index in [4.69, 9.17) is 0 Å². The molecule has 0 bridgehead atoms. The normalized spacial score (nSPS) is 10.2. The topological polar surface area (TPSA) is 89.0 Å². The molecule has 1 aromatic heterocycles. The van der Waals surface area contributed by atoms with Crippen LogP contribution in [0.3, 0.4) is 0 Å². The number of thiol groups is 1. The Bertz CT molecular complexity index is 361. The van der Waals surface area contributed by atoms with Crippen molar-refractivity contribution >= 4 is 33.1 Å². The van der Waals surface area contributed by atoms with Crippen LogP contribution in [-0.4, -0.2) is 24.5 Å². The minimum atomic E-state index is -2.71. The molecule has 0 aromatic carbocycles. The summed E-state index contributed by atoms with van der Waals surface area (Å²) in [5.74, 6) is -0.307. The lowest BCUT2D eigenvalue weighted by Gasteiger charge is -1.89. The molecule has 6 nitrogen and oxygen atoms in total. The number of carbonyl (C=O) groups is 1. The number of anilines is 1. The summed E-state index contributed by atoms with van der Waals surface area (Å²) in [6.07, 6.45) is 0. The zero-order valence-electron chi connectivity index (χ0n) is 5.97. The molecule has 1 amide bonds. The smallest absolute Gasteiger partial charge is 0.231 e. The van der Waals surface area contributed by atoms with Gasteiger partial charge in [-0.25, -0.2) is 8.42 Å². The second-order valence-corrected chi connectivity index (χ2v) is 4.05. The summed E-state index contributed by atoms with van der Waals surface area (Å²) in [7, 11) is -2.71. The van der Waals surface area contributed by atoms with Gasteiger partial charge >= 0.3 is 0 Å². The molecular formula is C4H5N3O3S2. The third-order valence-corrected chi connectivity index (χ3v) is 2.62. The van der Waals surface area contributed by atoms with Gasteiger partial charge in [0.25, 0.3) is 0 Å². The van der Waals surface area contributed by atoms with E-state index in [0.717, 1.165) is 11.3 Å².